The van der Waals surface area contributed by atoms with Crippen molar-refractivity contribution in [2.75, 3.05) is 0 Å². The van der Waals surface area contributed by atoms with E-state index in [1.807, 2.05) is 18.2 Å². The minimum atomic E-state index is 0.301. The third-order valence-electron chi connectivity index (χ3n) is 2.51. The summed E-state index contributed by atoms with van der Waals surface area (Å²) in [4.78, 5) is 11.0. The standard InChI is InChI=1S/C14H9Br2ClO2/c15-11-5-4-10(13(17)6-11)8-19-14-9(7-18)2-1-3-12(14)16/h1-7H,8H2. The molecule has 0 radical (unpaired) electrons. The Labute approximate surface area is 133 Å². The molecule has 0 aliphatic rings. The highest BCUT2D eigenvalue weighted by molar-refractivity contribution is 9.10. The van der Waals surface area contributed by atoms with Crippen LogP contribution in [0.15, 0.2) is 45.3 Å². The molecule has 0 heterocycles. The van der Waals surface area contributed by atoms with Crippen LogP contribution >= 0.6 is 43.5 Å². The van der Waals surface area contributed by atoms with E-state index in [1.165, 1.54) is 0 Å². The van der Waals surface area contributed by atoms with Crippen LogP contribution in [0.1, 0.15) is 15.9 Å². The maximum absolute atomic E-state index is 11.0. The SMILES string of the molecule is O=Cc1cccc(Br)c1OCc1ccc(Br)cc1Cl. The van der Waals surface area contributed by atoms with Crippen LogP contribution < -0.4 is 4.74 Å². The summed E-state index contributed by atoms with van der Waals surface area (Å²) in [5.41, 5.74) is 1.36. The molecule has 0 spiro atoms. The second-order valence-corrected chi connectivity index (χ2v) is 5.98. The summed E-state index contributed by atoms with van der Waals surface area (Å²) in [6.07, 6.45) is 0.767. The summed E-state index contributed by atoms with van der Waals surface area (Å²) in [5.74, 6) is 0.525. The number of aldehydes is 1. The molecule has 0 aromatic heterocycles. The molecule has 0 fully saturated rings. The lowest BCUT2D eigenvalue weighted by atomic mass is 10.2. The fourth-order valence-corrected chi connectivity index (χ4v) is 2.78. The molecule has 2 aromatic rings. The van der Waals surface area contributed by atoms with Gasteiger partial charge in [-0.3, -0.25) is 4.79 Å². The zero-order chi connectivity index (χ0) is 13.8. The predicted molar refractivity (Wildman–Crippen MR) is 83.0 cm³/mol. The first kappa shape index (κ1) is 14.6. The molecule has 5 heteroatoms. The quantitative estimate of drug-likeness (QED) is 0.650. The molecule has 0 N–H and O–H groups in total. The lowest BCUT2D eigenvalue weighted by Gasteiger charge is -2.11. The van der Waals surface area contributed by atoms with E-state index in [1.54, 1.807) is 18.2 Å². The molecular formula is C14H9Br2ClO2. The number of hydrogen-bond acceptors (Lipinski definition) is 2. The van der Waals surface area contributed by atoms with Crippen LogP contribution in [0.2, 0.25) is 5.02 Å². The van der Waals surface area contributed by atoms with Gasteiger partial charge in [-0.25, -0.2) is 0 Å². The normalized spacial score (nSPS) is 10.3. The Morgan fingerprint density at radius 2 is 2.00 bits per heavy atom. The summed E-state index contributed by atoms with van der Waals surface area (Å²) < 4.78 is 7.34. The molecule has 0 saturated heterocycles. The van der Waals surface area contributed by atoms with E-state index in [4.69, 9.17) is 16.3 Å². The van der Waals surface area contributed by atoms with Crippen molar-refractivity contribution in [1.29, 1.82) is 0 Å². The Kier molecular flexibility index (Phi) is 5.02. The van der Waals surface area contributed by atoms with Crippen LogP contribution in [0.4, 0.5) is 0 Å². The number of hydrogen-bond donors (Lipinski definition) is 0. The van der Waals surface area contributed by atoms with Gasteiger partial charge in [-0.2, -0.15) is 0 Å². The first-order chi connectivity index (χ1) is 9.11. The molecular weight excluding hydrogens is 395 g/mol. The van der Waals surface area contributed by atoms with E-state index in [-0.39, 0.29) is 0 Å². The molecule has 0 amide bonds. The van der Waals surface area contributed by atoms with E-state index in [0.717, 1.165) is 20.8 Å². The van der Waals surface area contributed by atoms with Gasteiger partial charge in [-0.05, 0) is 40.2 Å². The van der Waals surface area contributed by atoms with E-state index < -0.39 is 0 Å². The average molecular weight is 404 g/mol. The lowest BCUT2D eigenvalue weighted by molar-refractivity contribution is 0.111. The second kappa shape index (κ2) is 6.55. The molecule has 98 valence electrons. The van der Waals surface area contributed by atoms with Crippen molar-refractivity contribution in [3.8, 4) is 5.75 Å². The average Bonchev–Trinajstić information content (AvgIpc) is 2.39. The summed E-state index contributed by atoms with van der Waals surface area (Å²) in [7, 11) is 0. The molecule has 2 rings (SSSR count). The third-order valence-corrected chi connectivity index (χ3v) is 3.98. The van der Waals surface area contributed by atoms with Crippen molar-refractivity contribution in [2.24, 2.45) is 0 Å². The number of carbonyl (C=O) groups is 1. The van der Waals surface area contributed by atoms with E-state index in [9.17, 15) is 4.79 Å². The van der Waals surface area contributed by atoms with Crippen LogP contribution in [0.25, 0.3) is 0 Å². The Hall–Kier alpha value is -0.840. The van der Waals surface area contributed by atoms with Gasteiger partial charge in [0.25, 0.3) is 0 Å². The van der Waals surface area contributed by atoms with E-state index in [0.29, 0.717) is 22.9 Å². The van der Waals surface area contributed by atoms with Crippen molar-refractivity contribution >= 4 is 49.7 Å². The van der Waals surface area contributed by atoms with Crippen LogP contribution in [0, 0.1) is 0 Å². The van der Waals surface area contributed by atoms with E-state index >= 15 is 0 Å². The van der Waals surface area contributed by atoms with Gasteiger partial charge in [0.15, 0.2) is 6.29 Å². The predicted octanol–water partition coefficient (Wildman–Crippen LogP) is 5.26. The number of benzene rings is 2. The smallest absolute Gasteiger partial charge is 0.153 e. The molecule has 0 saturated carbocycles. The highest BCUT2D eigenvalue weighted by Crippen LogP contribution is 2.30. The van der Waals surface area contributed by atoms with Gasteiger partial charge in [-0.15, -0.1) is 0 Å². The minimum Gasteiger partial charge on any atom is -0.487 e. The van der Waals surface area contributed by atoms with E-state index in [2.05, 4.69) is 31.9 Å². The minimum absolute atomic E-state index is 0.301. The van der Waals surface area contributed by atoms with Gasteiger partial charge >= 0.3 is 0 Å². The van der Waals surface area contributed by atoms with Crippen LogP contribution in [0.5, 0.6) is 5.75 Å². The largest absolute Gasteiger partial charge is 0.487 e. The molecule has 19 heavy (non-hydrogen) atoms. The Bertz CT molecular complexity index is 614. The molecule has 0 aliphatic heterocycles. The third kappa shape index (κ3) is 3.59. The molecule has 0 aliphatic carbocycles. The van der Waals surface area contributed by atoms with Crippen molar-refractivity contribution in [3.05, 3.63) is 61.5 Å². The zero-order valence-corrected chi connectivity index (χ0v) is 13.6. The number of ether oxygens (including phenoxy) is 1. The fraction of sp³-hybridized carbons (Fsp3) is 0.0714. The van der Waals surface area contributed by atoms with Crippen LogP contribution in [-0.4, -0.2) is 6.29 Å². The van der Waals surface area contributed by atoms with Gasteiger partial charge in [0, 0.05) is 15.1 Å². The van der Waals surface area contributed by atoms with Crippen molar-refractivity contribution in [2.45, 2.75) is 6.61 Å². The van der Waals surface area contributed by atoms with Gasteiger partial charge < -0.3 is 4.74 Å². The highest BCUT2D eigenvalue weighted by atomic mass is 79.9. The number of halogens is 3. The Balaban J connectivity index is 2.21. The number of para-hydroxylation sites is 1. The Morgan fingerprint density at radius 1 is 1.21 bits per heavy atom. The number of carbonyl (C=O) groups excluding carboxylic acids is 1. The van der Waals surface area contributed by atoms with Crippen LogP contribution in [0.3, 0.4) is 0 Å². The van der Waals surface area contributed by atoms with Gasteiger partial charge in [0.1, 0.15) is 12.4 Å². The van der Waals surface area contributed by atoms with Gasteiger partial charge in [-0.1, -0.05) is 39.7 Å². The monoisotopic (exact) mass is 402 g/mol. The lowest BCUT2D eigenvalue weighted by Crippen LogP contribution is -1.99. The summed E-state index contributed by atoms with van der Waals surface area (Å²) in [6, 6.07) is 10.9. The molecule has 2 nitrogen and oxygen atoms in total. The van der Waals surface area contributed by atoms with Crippen molar-refractivity contribution in [3.63, 3.8) is 0 Å². The Morgan fingerprint density at radius 3 is 2.68 bits per heavy atom. The van der Waals surface area contributed by atoms with Gasteiger partial charge in [0.2, 0.25) is 0 Å². The summed E-state index contributed by atoms with van der Waals surface area (Å²) >= 11 is 12.8. The first-order valence-corrected chi connectivity index (χ1v) is 7.38. The fourth-order valence-electron chi connectivity index (χ4n) is 1.56. The van der Waals surface area contributed by atoms with Crippen molar-refractivity contribution in [1.82, 2.24) is 0 Å². The maximum atomic E-state index is 11.0. The first-order valence-electron chi connectivity index (χ1n) is 5.42. The summed E-state index contributed by atoms with van der Waals surface area (Å²) in [5, 5.41) is 0.620. The number of rotatable bonds is 4. The molecule has 0 bridgehead atoms. The molecule has 0 unspecified atom stereocenters. The molecule has 2 aromatic carbocycles. The van der Waals surface area contributed by atoms with Crippen molar-refractivity contribution < 1.29 is 9.53 Å². The maximum Gasteiger partial charge on any atom is 0.153 e. The molecule has 0 atom stereocenters. The highest BCUT2D eigenvalue weighted by Gasteiger charge is 2.09. The topological polar surface area (TPSA) is 26.3 Å². The second-order valence-electron chi connectivity index (χ2n) is 3.80. The van der Waals surface area contributed by atoms with Gasteiger partial charge in [0.05, 0.1) is 10.0 Å². The zero-order valence-electron chi connectivity index (χ0n) is 9.70. The summed E-state index contributed by atoms with van der Waals surface area (Å²) in [6.45, 7) is 0.301. The van der Waals surface area contributed by atoms with Crippen LogP contribution in [-0.2, 0) is 6.61 Å².